The van der Waals surface area contributed by atoms with Crippen LogP contribution in [0, 0.1) is 0 Å². The topological polar surface area (TPSA) is 98.5 Å². The predicted molar refractivity (Wildman–Crippen MR) is 69.3 cm³/mol. The van der Waals surface area contributed by atoms with E-state index in [1.807, 2.05) is 0 Å². The zero-order valence-electron chi connectivity index (χ0n) is 10.1. The molecule has 1 aromatic carbocycles. The lowest BCUT2D eigenvalue weighted by atomic mass is 10.2. The molecule has 0 aliphatic rings. The van der Waals surface area contributed by atoms with Gasteiger partial charge >= 0.3 is 0 Å². The normalized spacial score (nSPS) is 11.6. The molecule has 0 radical (unpaired) electrons. The highest BCUT2D eigenvalue weighted by molar-refractivity contribution is 6.34. The zero-order chi connectivity index (χ0) is 13.8. The van der Waals surface area contributed by atoms with Gasteiger partial charge in [0.1, 0.15) is 18.1 Å². The number of amidine groups is 1. The first-order chi connectivity index (χ1) is 9.10. The SMILES string of the molecule is Cn1cc(COc2ccc(/C(N)=N/O)c(Cl)c2)nn1. The first kappa shape index (κ1) is 13.2. The molecule has 8 heteroatoms. The number of oxime groups is 1. The summed E-state index contributed by atoms with van der Waals surface area (Å²) in [5, 5.41) is 19.5. The van der Waals surface area contributed by atoms with Gasteiger partial charge < -0.3 is 15.7 Å². The second kappa shape index (κ2) is 5.57. The Hall–Kier alpha value is -2.28. The minimum Gasteiger partial charge on any atom is -0.487 e. The number of aromatic nitrogens is 3. The quantitative estimate of drug-likeness (QED) is 0.379. The molecule has 1 heterocycles. The monoisotopic (exact) mass is 281 g/mol. The van der Waals surface area contributed by atoms with Crippen LogP contribution in [0.25, 0.3) is 0 Å². The van der Waals surface area contributed by atoms with E-state index in [2.05, 4.69) is 15.5 Å². The maximum absolute atomic E-state index is 8.59. The Morgan fingerprint density at radius 2 is 2.37 bits per heavy atom. The molecule has 3 N–H and O–H groups in total. The first-order valence-corrected chi connectivity index (χ1v) is 5.73. The molecule has 2 aromatic rings. The van der Waals surface area contributed by atoms with E-state index in [1.54, 1.807) is 36.1 Å². The molecule has 0 aliphatic heterocycles. The molecular weight excluding hydrogens is 270 g/mol. The average molecular weight is 282 g/mol. The Morgan fingerprint density at radius 1 is 1.58 bits per heavy atom. The van der Waals surface area contributed by atoms with Crippen molar-refractivity contribution in [1.82, 2.24) is 15.0 Å². The molecule has 1 aromatic heterocycles. The maximum atomic E-state index is 8.59. The van der Waals surface area contributed by atoms with E-state index in [1.165, 1.54) is 0 Å². The number of nitrogens with two attached hydrogens (primary N) is 1. The molecule has 0 saturated carbocycles. The lowest BCUT2D eigenvalue weighted by Crippen LogP contribution is -2.13. The molecule has 0 saturated heterocycles. The molecule has 100 valence electrons. The molecule has 2 rings (SSSR count). The summed E-state index contributed by atoms with van der Waals surface area (Å²) in [6.07, 6.45) is 1.76. The number of rotatable bonds is 4. The summed E-state index contributed by atoms with van der Waals surface area (Å²) >= 11 is 6.00. The molecule has 19 heavy (non-hydrogen) atoms. The summed E-state index contributed by atoms with van der Waals surface area (Å²) in [5.41, 5.74) is 6.61. The number of hydrogen-bond acceptors (Lipinski definition) is 5. The van der Waals surface area contributed by atoms with Crippen LogP contribution in [0.15, 0.2) is 29.6 Å². The molecule has 0 atom stereocenters. The van der Waals surface area contributed by atoms with Crippen molar-refractivity contribution in [2.24, 2.45) is 17.9 Å². The Morgan fingerprint density at radius 3 is 2.95 bits per heavy atom. The number of halogens is 1. The van der Waals surface area contributed by atoms with Crippen molar-refractivity contribution in [1.29, 1.82) is 0 Å². The van der Waals surface area contributed by atoms with Crippen LogP contribution in [-0.4, -0.2) is 26.0 Å². The van der Waals surface area contributed by atoms with E-state index < -0.39 is 0 Å². The fourth-order valence-electron chi connectivity index (χ4n) is 1.47. The number of aryl methyl sites for hydroxylation is 1. The standard InChI is InChI=1S/C11H12ClN5O2/c1-17-5-7(14-16-17)6-19-8-2-3-9(10(12)4-8)11(13)15-18/h2-5,18H,6H2,1H3,(H2,13,15). The second-order valence-electron chi connectivity index (χ2n) is 3.80. The van der Waals surface area contributed by atoms with Gasteiger partial charge in [-0.1, -0.05) is 22.0 Å². The average Bonchev–Trinajstić information content (AvgIpc) is 2.81. The lowest BCUT2D eigenvalue weighted by molar-refractivity contribution is 0.301. The van der Waals surface area contributed by atoms with Crippen LogP contribution in [0.4, 0.5) is 0 Å². The molecule has 7 nitrogen and oxygen atoms in total. The molecule has 0 bridgehead atoms. The highest BCUT2D eigenvalue weighted by atomic mass is 35.5. The van der Waals surface area contributed by atoms with Gasteiger partial charge in [0.2, 0.25) is 0 Å². The van der Waals surface area contributed by atoms with Gasteiger partial charge in [0.25, 0.3) is 0 Å². The van der Waals surface area contributed by atoms with Gasteiger partial charge in [-0.15, -0.1) is 5.10 Å². The van der Waals surface area contributed by atoms with Crippen LogP contribution in [0.1, 0.15) is 11.3 Å². The van der Waals surface area contributed by atoms with E-state index >= 15 is 0 Å². The Kier molecular flexibility index (Phi) is 3.86. The van der Waals surface area contributed by atoms with Gasteiger partial charge in [-0.25, -0.2) is 0 Å². The number of nitrogens with zero attached hydrogens (tertiary/aromatic N) is 4. The molecule has 0 amide bonds. The lowest BCUT2D eigenvalue weighted by Gasteiger charge is -2.07. The summed E-state index contributed by atoms with van der Waals surface area (Å²) in [6, 6.07) is 4.88. The van der Waals surface area contributed by atoms with Crippen LogP contribution in [0.5, 0.6) is 5.75 Å². The highest BCUT2D eigenvalue weighted by Gasteiger charge is 2.07. The third-order valence-electron chi connectivity index (χ3n) is 2.36. The Balaban J connectivity index is 2.08. The van der Waals surface area contributed by atoms with Crippen molar-refractivity contribution < 1.29 is 9.94 Å². The fourth-order valence-corrected chi connectivity index (χ4v) is 1.73. The molecule has 0 spiro atoms. The highest BCUT2D eigenvalue weighted by Crippen LogP contribution is 2.23. The van der Waals surface area contributed by atoms with Gasteiger partial charge in [-0.05, 0) is 18.2 Å². The van der Waals surface area contributed by atoms with E-state index in [4.69, 9.17) is 27.3 Å². The van der Waals surface area contributed by atoms with E-state index in [9.17, 15) is 0 Å². The third kappa shape index (κ3) is 3.14. The Labute approximate surface area is 114 Å². The van der Waals surface area contributed by atoms with Gasteiger partial charge in [0, 0.05) is 12.6 Å². The van der Waals surface area contributed by atoms with Gasteiger partial charge in [-0.2, -0.15) is 0 Å². The van der Waals surface area contributed by atoms with E-state index in [0.29, 0.717) is 22.0 Å². The van der Waals surface area contributed by atoms with Gasteiger partial charge in [-0.3, -0.25) is 4.68 Å². The Bertz CT molecular complexity index is 611. The van der Waals surface area contributed by atoms with E-state index in [0.717, 1.165) is 0 Å². The van der Waals surface area contributed by atoms with Crippen molar-refractivity contribution in [2.45, 2.75) is 6.61 Å². The summed E-state index contributed by atoms with van der Waals surface area (Å²) in [4.78, 5) is 0. The molecule has 0 fully saturated rings. The number of hydrogen-bond donors (Lipinski definition) is 2. The minimum absolute atomic E-state index is 0.0505. The van der Waals surface area contributed by atoms with Crippen molar-refractivity contribution in [3.05, 3.63) is 40.7 Å². The first-order valence-electron chi connectivity index (χ1n) is 5.35. The second-order valence-corrected chi connectivity index (χ2v) is 4.21. The van der Waals surface area contributed by atoms with Crippen LogP contribution in [0.2, 0.25) is 5.02 Å². The molecule has 0 aliphatic carbocycles. The van der Waals surface area contributed by atoms with Crippen LogP contribution < -0.4 is 10.5 Å². The predicted octanol–water partition coefficient (Wildman–Crippen LogP) is 1.14. The third-order valence-corrected chi connectivity index (χ3v) is 2.67. The summed E-state index contributed by atoms with van der Waals surface area (Å²) in [5.74, 6) is 0.510. The summed E-state index contributed by atoms with van der Waals surface area (Å²) < 4.78 is 7.10. The maximum Gasteiger partial charge on any atom is 0.171 e. The van der Waals surface area contributed by atoms with Crippen LogP contribution in [-0.2, 0) is 13.7 Å². The van der Waals surface area contributed by atoms with Crippen LogP contribution in [0.3, 0.4) is 0 Å². The van der Waals surface area contributed by atoms with Crippen molar-refractivity contribution in [3.63, 3.8) is 0 Å². The van der Waals surface area contributed by atoms with Crippen molar-refractivity contribution in [2.75, 3.05) is 0 Å². The van der Waals surface area contributed by atoms with Gasteiger partial charge in [0.05, 0.1) is 11.2 Å². The minimum atomic E-state index is -0.0505. The van der Waals surface area contributed by atoms with Crippen molar-refractivity contribution in [3.8, 4) is 5.75 Å². The molecule has 0 unspecified atom stereocenters. The fraction of sp³-hybridized carbons (Fsp3) is 0.182. The summed E-state index contributed by atoms with van der Waals surface area (Å²) in [6.45, 7) is 0.285. The largest absolute Gasteiger partial charge is 0.487 e. The number of ether oxygens (including phenoxy) is 1. The summed E-state index contributed by atoms with van der Waals surface area (Å²) in [7, 11) is 1.78. The van der Waals surface area contributed by atoms with Crippen molar-refractivity contribution >= 4 is 17.4 Å². The molecular formula is C11H12ClN5O2. The number of benzene rings is 1. The van der Waals surface area contributed by atoms with Gasteiger partial charge in [0.15, 0.2) is 5.84 Å². The van der Waals surface area contributed by atoms with Crippen LogP contribution >= 0.6 is 11.6 Å². The van der Waals surface area contributed by atoms with E-state index in [-0.39, 0.29) is 12.4 Å². The smallest absolute Gasteiger partial charge is 0.171 e. The zero-order valence-corrected chi connectivity index (χ0v) is 10.9.